The van der Waals surface area contributed by atoms with Crippen LogP contribution in [0.15, 0.2) is 54.7 Å². The number of Topliss-reactive ketones (excluding diaryl/α,β-unsaturated/α-hetero) is 1. The number of carbonyl (C=O) groups excluding carboxylic acids is 1. The topological polar surface area (TPSA) is 89.4 Å². The summed E-state index contributed by atoms with van der Waals surface area (Å²) in [5.74, 6) is 0.393. The molecule has 2 aromatic heterocycles. The maximum Gasteiger partial charge on any atom is 0.204 e. The molecule has 7 nitrogen and oxygen atoms in total. The number of hydrogen-bond acceptors (Lipinski definition) is 5. The third kappa shape index (κ3) is 3.40. The molecule has 0 saturated carbocycles. The molecule has 0 N–H and O–H groups in total. The van der Waals surface area contributed by atoms with Gasteiger partial charge in [-0.15, -0.1) is 10.2 Å². The fourth-order valence-electron chi connectivity index (χ4n) is 3.17. The Kier molecular flexibility index (Phi) is 4.68. The second kappa shape index (κ2) is 7.45. The minimum Gasteiger partial charge on any atom is -0.346 e. The first-order chi connectivity index (χ1) is 13.7. The number of ketones is 1. The minimum atomic E-state index is -0.0974. The van der Waals surface area contributed by atoms with E-state index in [4.69, 9.17) is 5.26 Å². The summed E-state index contributed by atoms with van der Waals surface area (Å²) in [6.45, 7) is 2.56. The molecule has 0 aliphatic carbocycles. The van der Waals surface area contributed by atoms with Crippen molar-refractivity contribution >= 4 is 16.7 Å². The third-order valence-electron chi connectivity index (χ3n) is 4.60. The third-order valence-corrected chi connectivity index (χ3v) is 4.60. The van der Waals surface area contributed by atoms with Crippen molar-refractivity contribution in [1.82, 2.24) is 24.8 Å². The lowest BCUT2D eigenvalue weighted by Crippen LogP contribution is -2.13. The highest BCUT2D eigenvalue weighted by molar-refractivity contribution is 6.07. The second-order valence-electron chi connectivity index (χ2n) is 6.59. The van der Waals surface area contributed by atoms with Crippen molar-refractivity contribution in [2.75, 3.05) is 0 Å². The first kappa shape index (κ1) is 17.6. The van der Waals surface area contributed by atoms with Crippen LogP contribution >= 0.6 is 0 Å². The minimum absolute atomic E-state index is 0.00508. The van der Waals surface area contributed by atoms with Crippen molar-refractivity contribution in [3.63, 3.8) is 0 Å². The van der Waals surface area contributed by atoms with Gasteiger partial charge in [0, 0.05) is 34.8 Å². The number of tetrazole rings is 1. The van der Waals surface area contributed by atoms with Crippen LogP contribution in [-0.2, 0) is 13.1 Å². The molecule has 2 aromatic carbocycles. The lowest BCUT2D eigenvalue weighted by atomic mass is 10.1. The van der Waals surface area contributed by atoms with Gasteiger partial charge < -0.3 is 4.57 Å². The fraction of sp³-hybridized carbons (Fsp3) is 0.190. The van der Waals surface area contributed by atoms with Gasteiger partial charge in [0.15, 0.2) is 5.78 Å². The summed E-state index contributed by atoms with van der Waals surface area (Å²) < 4.78 is 1.94. The van der Waals surface area contributed by atoms with E-state index in [1.54, 1.807) is 0 Å². The SMILES string of the molecule is Cc1ccc(-c2nnn(CC(=O)c3cn(CCC#N)c4ccccc34)n2)cc1. The zero-order chi connectivity index (χ0) is 19.5. The highest BCUT2D eigenvalue weighted by Crippen LogP contribution is 2.22. The molecular formula is C21H18N6O. The molecule has 0 aliphatic rings. The molecule has 2 heterocycles. The number of nitrogens with zero attached hydrogens (tertiary/aromatic N) is 6. The van der Waals surface area contributed by atoms with Crippen molar-refractivity contribution in [3.05, 3.63) is 65.9 Å². The number of benzene rings is 2. The van der Waals surface area contributed by atoms with Crippen LogP contribution in [-0.4, -0.2) is 30.6 Å². The number of aromatic nitrogens is 5. The Labute approximate surface area is 161 Å². The molecule has 0 spiro atoms. The zero-order valence-electron chi connectivity index (χ0n) is 15.4. The zero-order valence-corrected chi connectivity index (χ0v) is 15.4. The van der Waals surface area contributed by atoms with Crippen LogP contribution in [0, 0.1) is 18.3 Å². The Morgan fingerprint density at radius 2 is 1.93 bits per heavy atom. The number of fused-ring (bicyclic) bond motifs is 1. The van der Waals surface area contributed by atoms with Gasteiger partial charge in [0.25, 0.3) is 0 Å². The Bertz CT molecular complexity index is 1180. The second-order valence-corrected chi connectivity index (χ2v) is 6.59. The quantitative estimate of drug-likeness (QED) is 0.485. The molecule has 0 unspecified atom stereocenters. The summed E-state index contributed by atoms with van der Waals surface area (Å²) in [6.07, 6.45) is 2.19. The van der Waals surface area contributed by atoms with E-state index < -0.39 is 0 Å². The van der Waals surface area contributed by atoms with Gasteiger partial charge in [-0.3, -0.25) is 4.79 Å². The normalized spacial score (nSPS) is 10.9. The Hall–Kier alpha value is -3.79. The van der Waals surface area contributed by atoms with E-state index in [-0.39, 0.29) is 12.3 Å². The van der Waals surface area contributed by atoms with E-state index in [1.807, 2.05) is 66.2 Å². The highest BCUT2D eigenvalue weighted by atomic mass is 16.1. The van der Waals surface area contributed by atoms with E-state index in [1.165, 1.54) is 4.80 Å². The smallest absolute Gasteiger partial charge is 0.204 e. The molecule has 0 fully saturated rings. The molecular weight excluding hydrogens is 352 g/mol. The molecule has 28 heavy (non-hydrogen) atoms. The van der Waals surface area contributed by atoms with Crippen molar-refractivity contribution in [2.45, 2.75) is 26.4 Å². The van der Waals surface area contributed by atoms with Crippen LogP contribution in [0.2, 0.25) is 0 Å². The average molecular weight is 370 g/mol. The first-order valence-electron chi connectivity index (χ1n) is 8.98. The van der Waals surface area contributed by atoms with Gasteiger partial charge >= 0.3 is 0 Å². The molecule has 0 saturated heterocycles. The van der Waals surface area contributed by atoms with E-state index in [9.17, 15) is 4.79 Å². The summed E-state index contributed by atoms with van der Waals surface area (Å²) in [4.78, 5) is 14.2. The predicted molar refractivity (Wildman–Crippen MR) is 104 cm³/mol. The van der Waals surface area contributed by atoms with Gasteiger partial charge in [-0.25, -0.2) is 0 Å². The molecule has 0 radical (unpaired) electrons. The standard InChI is InChI=1S/C21H18N6O/c1-15-7-9-16(10-8-15)21-23-25-27(24-21)14-20(28)18-13-26(12-4-11-22)19-6-3-2-5-17(18)19/h2-3,5-10,13H,4,12,14H2,1H3. The first-order valence-corrected chi connectivity index (χ1v) is 8.98. The molecule has 0 amide bonds. The monoisotopic (exact) mass is 370 g/mol. The van der Waals surface area contributed by atoms with Gasteiger partial charge in [-0.2, -0.15) is 10.1 Å². The summed E-state index contributed by atoms with van der Waals surface area (Å²) in [6, 6.07) is 17.7. The Morgan fingerprint density at radius 1 is 1.14 bits per heavy atom. The van der Waals surface area contributed by atoms with Gasteiger partial charge in [0.05, 0.1) is 12.5 Å². The molecule has 138 valence electrons. The Morgan fingerprint density at radius 3 is 2.71 bits per heavy atom. The maximum atomic E-state index is 12.9. The number of rotatable bonds is 6. The summed E-state index contributed by atoms with van der Waals surface area (Å²) in [7, 11) is 0. The summed E-state index contributed by atoms with van der Waals surface area (Å²) in [5.41, 5.74) is 3.55. The molecule has 4 rings (SSSR count). The van der Waals surface area contributed by atoms with Crippen molar-refractivity contribution in [3.8, 4) is 17.5 Å². The lowest BCUT2D eigenvalue weighted by molar-refractivity contribution is 0.0963. The van der Waals surface area contributed by atoms with Crippen LogP contribution in [0.5, 0.6) is 0 Å². The number of carbonyl (C=O) groups is 1. The lowest BCUT2D eigenvalue weighted by Gasteiger charge is -2.00. The van der Waals surface area contributed by atoms with Crippen LogP contribution < -0.4 is 0 Å². The number of hydrogen-bond donors (Lipinski definition) is 0. The van der Waals surface area contributed by atoms with Crippen LogP contribution in [0.1, 0.15) is 22.3 Å². The van der Waals surface area contributed by atoms with E-state index in [0.29, 0.717) is 24.4 Å². The van der Waals surface area contributed by atoms with E-state index >= 15 is 0 Å². The number of nitriles is 1. The van der Waals surface area contributed by atoms with Gasteiger partial charge in [0.1, 0.15) is 6.54 Å². The average Bonchev–Trinajstić information content (AvgIpc) is 3.32. The number of aryl methyl sites for hydroxylation is 2. The molecule has 0 atom stereocenters. The fourth-order valence-corrected chi connectivity index (χ4v) is 3.17. The van der Waals surface area contributed by atoms with Crippen LogP contribution in [0.4, 0.5) is 0 Å². The van der Waals surface area contributed by atoms with Crippen LogP contribution in [0.25, 0.3) is 22.3 Å². The highest BCUT2D eigenvalue weighted by Gasteiger charge is 2.17. The van der Waals surface area contributed by atoms with E-state index in [0.717, 1.165) is 22.0 Å². The Balaban J connectivity index is 1.59. The van der Waals surface area contributed by atoms with Gasteiger partial charge in [-0.1, -0.05) is 48.0 Å². The van der Waals surface area contributed by atoms with Gasteiger partial charge in [-0.05, 0) is 18.2 Å². The summed E-state index contributed by atoms with van der Waals surface area (Å²) in [5, 5.41) is 22.1. The molecule has 0 bridgehead atoms. The molecule has 4 aromatic rings. The molecule has 0 aliphatic heterocycles. The van der Waals surface area contributed by atoms with E-state index in [2.05, 4.69) is 21.5 Å². The van der Waals surface area contributed by atoms with Crippen molar-refractivity contribution < 1.29 is 4.79 Å². The van der Waals surface area contributed by atoms with Crippen molar-refractivity contribution in [1.29, 1.82) is 5.26 Å². The maximum absolute atomic E-state index is 12.9. The predicted octanol–water partition coefficient (Wildman–Crippen LogP) is 3.40. The largest absolute Gasteiger partial charge is 0.346 e. The molecule has 7 heteroatoms. The summed E-state index contributed by atoms with van der Waals surface area (Å²) >= 11 is 0. The van der Waals surface area contributed by atoms with Crippen molar-refractivity contribution in [2.24, 2.45) is 0 Å². The number of para-hydroxylation sites is 1. The van der Waals surface area contributed by atoms with Gasteiger partial charge in [0.2, 0.25) is 5.82 Å². The van der Waals surface area contributed by atoms with Crippen LogP contribution in [0.3, 0.4) is 0 Å².